The van der Waals surface area contributed by atoms with Gasteiger partial charge in [0.15, 0.2) is 0 Å². The van der Waals surface area contributed by atoms with E-state index in [4.69, 9.17) is 4.98 Å². The number of hydrogen-bond acceptors (Lipinski definition) is 3. The zero-order valence-corrected chi connectivity index (χ0v) is 14.7. The summed E-state index contributed by atoms with van der Waals surface area (Å²) in [4.78, 5) is 11.7. The van der Waals surface area contributed by atoms with Gasteiger partial charge in [-0.3, -0.25) is 9.30 Å². The zero-order valence-electron chi connectivity index (χ0n) is 13.1. The van der Waals surface area contributed by atoms with Gasteiger partial charge in [-0.25, -0.2) is 9.97 Å². The number of hydrogen-bond donors (Lipinski definition) is 0. The van der Waals surface area contributed by atoms with Gasteiger partial charge < -0.3 is 0 Å². The second-order valence-corrected chi connectivity index (χ2v) is 6.98. The maximum absolute atomic E-state index is 4.73. The van der Waals surface area contributed by atoms with Crippen molar-refractivity contribution in [1.29, 1.82) is 0 Å². The van der Waals surface area contributed by atoms with Crippen LogP contribution in [-0.4, -0.2) is 32.4 Å². The van der Waals surface area contributed by atoms with E-state index in [0.29, 0.717) is 6.04 Å². The molecule has 0 radical (unpaired) electrons. The Morgan fingerprint density at radius 1 is 1.24 bits per heavy atom. The largest absolute Gasteiger partial charge is 0.297 e. The molecule has 1 fully saturated rings. The molecule has 0 saturated heterocycles. The Morgan fingerprint density at radius 2 is 1.95 bits per heavy atom. The summed E-state index contributed by atoms with van der Waals surface area (Å²) in [5.74, 6) is 0.798. The molecule has 1 aliphatic rings. The lowest BCUT2D eigenvalue weighted by Crippen LogP contribution is -2.33. The molecule has 2 heterocycles. The van der Waals surface area contributed by atoms with Crippen LogP contribution in [0.15, 0.2) is 10.7 Å². The van der Waals surface area contributed by atoms with Crippen LogP contribution >= 0.6 is 15.9 Å². The van der Waals surface area contributed by atoms with Gasteiger partial charge in [-0.05, 0) is 55.7 Å². The minimum Gasteiger partial charge on any atom is -0.297 e. The van der Waals surface area contributed by atoms with E-state index in [0.717, 1.165) is 28.3 Å². The molecule has 0 atom stereocenters. The molecule has 2 aromatic heterocycles. The summed E-state index contributed by atoms with van der Waals surface area (Å²) in [6.45, 7) is 5.00. The fourth-order valence-corrected chi connectivity index (χ4v) is 4.02. The lowest BCUT2D eigenvalue weighted by Gasteiger charge is -2.30. The van der Waals surface area contributed by atoms with Crippen LogP contribution in [0.3, 0.4) is 0 Å². The fraction of sp³-hybridized carbons (Fsp3) is 0.625. The smallest absolute Gasteiger partial charge is 0.235 e. The number of halogens is 1. The van der Waals surface area contributed by atoms with Gasteiger partial charge in [-0.1, -0.05) is 19.3 Å². The van der Waals surface area contributed by atoms with E-state index in [1.54, 1.807) is 0 Å². The van der Waals surface area contributed by atoms with Crippen molar-refractivity contribution in [3.63, 3.8) is 0 Å². The first-order chi connectivity index (χ1) is 10.1. The highest BCUT2D eigenvalue weighted by Gasteiger charge is 2.21. The van der Waals surface area contributed by atoms with Crippen molar-refractivity contribution in [1.82, 2.24) is 19.3 Å². The van der Waals surface area contributed by atoms with Crippen molar-refractivity contribution < 1.29 is 0 Å². The Kier molecular flexibility index (Phi) is 4.31. The third-order valence-corrected chi connectivity index (χ3v) is 5.33. The SMILES string of the molecule is Cc1cc(C)n2c(Br)c(CN(C)C3CCCCC3)nc2n1. The standard InChI is InChI=1S/C16H23BrN4/c1-11-9-12(2)21-15(17)14(19-16(21)18-11)10-20(3)13-7-5-4-6-8-13/h9,13H,4-8,10H2,1-3H3. The van der Waals surface area contributed by atoms with Gasteiger partial charge in [-0.15, -0.1) is 0 Å². The van der Waals surface area contributed by atoms with Crippen molar-refractivity contribution >= 4 is 21.7 Å². The predicted molar refractivity (Wildman–Crippen MR) is 88.5 cm³/mol. The van der Waals surface area contributed by atoms with E-state index in [2.05, 4.69) is 50.3 Å². The summed E-state index contributed by atoms with van der Waals surface area (Å²) in [6.07, 6.45) is 6.75. The Bertz CT molecular complexity index is 643. The summed E-state index contributed by atoms with van der Waals surface area (Å²) in [6, 6.07) is 2.79. The topological polar surface area (TPSA) is 33.4 Å². The van der Waals surface area contributed by atoms with Crippen LogP contribution in [0.4, 0.5) is 0 Å². The molecule has 0 spiro atoms. The second-order valence-electron chi connectivity index (χ2n) is 6.23. The molecule has 1 saturated carbocycles. The van der Waals surface area contributed by atoms with Gasteiger partial charge in [0.1, 0.15) is 4.60 Å². The molecule has 4 nitrogen and oxygen atoms in total. The van der Waals surface area contributed by atoms with E-state index >= 15 is 0 Å². The summed E-state index contributed by atoms with van der Waals surface area (Å²) in [5, 5.41) is 0. The van der Waals surface area contributed by atoms with Crippen molar-refractivity contribution in [2.24, 2.45) is 0 Å². The van der Waals surface area contributed by atoms with Crippen molar-refractivity contribution in [2.75, 3.05) is 7.05 Å². The first-order valence-corrected chi connectivity index (χ1v) is 8.57. The molecule has 0 unspecified atom stereocenters. The third-order valence-electron chi connectivity index (χ3n) is 4.51. The van der Waals surface area contributed by atoms with Gasteiger partial charge >= 0.3 is 0 Å². The van der Waals surface area contributed by atoms with E-state index in [9.17, 15) is 0 Å². The number of nitrogens with zero attached hydrogens (tertiary/aromatic N) is 4. The van der Waals surface area contributed by atoms with Gasteiger partial charge in [0.25, 0.3) is 0 Å². The molecule has 1 aliphatic carbocycles. The second kappa shape index (κ2) is 6.05. The van der Waals surface area contributed by atoms with Gasteiger partial charge in [0.05, 0.1) is 5.69 Å². The van der Waals surface area contributed by atoms with E-state index in [-0.39, 0.29) is 0 Å². The van der Waals surface area contributed by atoms with Crippen LogP contribution < -0.4 is 0 Å². The summed E-state index contributed by atoms with van der Waals surface area (Å²) in [5.41, 5.74) is 3.28. The number of aryl methyl sites for hydroxylation is 2. The van der Waals surface area contributed by atoms with Crippen molar-refractivity contribution in [2.45, 2.75) is 58.5 Å². The Morgan fingerprint density at radius 3 is 2.67 bits per heavy atom. The molecule has 0 N–H and O–H groups in total. The van der Waals surface area contributed by atoms with E-state index < -0.39 is 0 Å². The number of imidazole rings is 1. The highest BCUT2D eigenvalue weighted by molar-refractivity contribution is 9.10. The average Bonchev–Trinajstić information content (AvgIpc) is 2.76. The minimum atomic E-state index is 0.700. The molecule has 0 aliphatic heterocycles. The lowest BCUT2D eigenvalue weighted by atomic mass is 9.94. The molecular weight excluding hydrogens is 328 g/mol. The highest BCUT2D eigenvalue weighted by atomic mass is 79.9. The Balaban J connectivity index is 1.87. The Hall–Kier alpha value is -0.940. The maximum Gasteiger partial charge on any atom is 0.235 e. The average molecular weight is 351 g/mol. The van der Waals surface area contributed by atoms with Crippen LogP contribution in [0.25, 0.3) is 5.78 Å². The molecular formula is C16H23BrN4. The van der Waals surface area contributed by atoms with Crippen LogP contribution in [0.2, 0.25) is 0 Å². The first kappa shape index (κ1) is 15.0. The van der Waals surface area contributed by atoms with Crippen LogP contribution in [0, 0.1) is 13.8 Å². The number of aromatic nitrogens is 3. The molecule has 2 aromatic rings. The van der Waals surface area contributed by atoms with Crippen LogP contribution in [-0.2, 0) is 6.54 Å². The summed E-state index contributed by atoms with van der Waals surface area (Å²) < 4.78 is 3.14. The molecule has 0 aromatic carbocycles. The normalized spacial score (nSPS) is 17.0. The molecule has 114 valence electrons. The molecule has 3 rings (SSSR count). The van der Waals surface area contributed by atoms with Gasteiger partial charge in [-0.2, -0.15) is 0 Å². The number of rotatable bonds is 3. The first-order valence-electron chi connectivity index (χ1n) is 7.77. The molecule has 0 bridgehead atoms. The predicted octanol–water partition coefficient (Wildman–Crippen LogP) is 3.87. The highest BCUT2D eigenvalue weighted by Crippen LogP contribution is 2.26. The van der Waals surface area contributed by atoms with Crippen LogP contribution in [0.1, 0.15) is 49.2 Å². The summed E-state index contributed by atoms with van der Waals surface area (Å²) in [7, 11) is 2.22. The van der Waals surface area contributed by atoms with Crippen LogP contribution in [0.5, 0.6) is 0 Å². The maximum atomic E-state index is 4.73. The van der Waals surface area contributed by atoms with Gasteiger partial charge in [0, 0.05) is 24.0 Å². The zero-order chi connectivity index (χ0) is 15.0. The molecule has 5 heteroatoms. The third kappa shape index (κ3) is 2.99. The van der Waals surface area contributed by atoms with E-state index in [1.165, 1.54) is 37.8 Å². The molecule has 0 amide bonds. The van der Waals surface area contributed by atoms with Gasteiger partial charge in [0.2, 0.25) is 5.78 Å². The number of fused-ring (bicyclic) bond motifs is 1. The lowest BCUT2D eigenvalue weighted by molar-refractivity contribution is 0.182. The van der Waals surface area contributed by atoms with Crippen molar-refractivity contribution in [3.05, 3.63) is 27.8 Å². The fourth-order valence-electron chi connectivity index (χ4n) is 3.37. The van der Waals surface area contributed by atoms with Crippen molar-refractivity contribution in [3.8, 4) is 0 Å². The Labute approximate surface area is 134 Å². The molecule has 21 heavy (non-hydrogen) atoms. The quantitative estimate of drug-likeness (QED) is 0.842. The summed E-state index contributed by atoms with van der Waals surface area (Å²) >= 11 is 3.71. The van der Waals surface area contributed by atoms with E-state index in [1.807, 2.05) is 6.92 Å². The minimum absolute atomic E-state index is 0.700. The monoisotopic (exact) mass is 350 g/mol.